The van der Waals surface area contributed by atoms with Gasteiger partial charge in [-0.25, -0.2) is 4.39 Å². The highest BCUT2D eigenvalue weighted by Gasteiger charge is 2.01. The first-order valence-corrected chi connectivity index (χ1v) is 7.59. The quantitative estimate of drug-likeness (QED) is 0.810. The van der Waals surface area contributed by atoms with Gasteiger partial charge in [0.25, 0.3) is 0 Å². The molecule has 0 spiro atoms. The fraction of sp³-hybridized carbons (Fsp3) is 0.294. The van der Waals surface area contributed by atoms with Crippen LogP contribution in [0.3, 0.4) is 0 Å². The normalized spacial score (nSPS) is 11.1. The third kappa shape index (κ3) is 4.15. The predicted octanol–water partition coefficient (Wildman–Crippen LogP) is 5.00. The van der Waals surface area contributed by atoms with Gasteiger partial charge in [0.05, 0.1) is 4.47 Å². The van der Waals surface area contributed by atoms with Gasteiger partial charge in [0.2, 0.25) is 0 Å². The Morgan fingerprint density at radius 1 is 1.00 bits per heavy atom. The Morgan fingerprint density at radius 3 is 2.20 bits per heavy atom. The number of rotatable bonds is 5. The van der Waals surface area contributed by atoms with Crippen LogP contribution in [0.4, 0.5) is 4.39 Å². The number of halogens is 2. The molecule has 0 aliphatic heterocycles. The second-order valence-corrected chi connectivity index (χ2v) is 6.10. The monoisotopic (exact) mass is 335 g/mol. The molecule has 0 unspecified atom stereocenters. The van der Waals surface area contributed by atoms with Gasteiger partial charge in [-0.15, -0.1) is 0 Å². The van der Waals surface area contributed by atoms with Gasteiger partial charge in [0.15, 0.2) is 0 Å². The molecule has 0 aromatic heterocycles. The molecule has 0 amide bonds. The summed E-state index contributed by atoms with van der Waals surface area (Å²) >= 11 is 3.20. The topological polar surface area (TPSA) is 12.0 Å². The molecule has 0 saturated heterocycles. The third-order valence-corrected chi connectivity index (χ3v) is 3.90. The Labute approximate surface area is 128 Å². The van der Waals surface area contributed by atoms with Crippen molar-refractivity contribution in [2.75, 3.05) is 0 Å². The summed E-state index contributed by atoms with van der Waals surface area (Å²) < 4.78 is 13.6. The molecule has 3 heteroatoms. The van der Waals surface area contributed by atoms with Gasteiger partial charge >= 0.3 is 0 Å². The maximum Gasteiger partial charge on any atom is 0.137 e. The van der Waals surface area contributed by atoms with E-state index in [4.69, 9.17) is 0 Å². The number of benzene rings is 2. The highest BCUT2D eigenvalue weighted by atomic mass is 79.9. The zero-order chi connectivity index (χ0) is 14.5. The second-order valence-electron chi connectivity index (χ2n) is 5.25. The molecule has 0 radical (unpaired) electrons. The summed E-state index contributed by atoms with van der Waals surface area (Å²) in [5.74, 6) is 0.339. The molecule has 0 atom stereocenters. The molecule has 106 valence electrons. The number of nitrogens with one attached hydrogen (secondary N) is 1. The number of hydrogen-bond acceptors (Lipinski definition) is 1. The van der Waals surface area contributed by atoms with E-state index in [0.29, 0.717) is 10.4 Å². The summed E-state index contributed by atoms with van der Waals surface area (Å²) in [6.45, 7) is 5.93. The molecule has 0 aliphatic carbocycles. The van der Waals surface area contributed by atoms with E-state index < -0.39 is 0 Å². The first kappa shape index (κ1) is 15.2. The smallest absolute Gasteiger partial charge is 0.137 e. The molecule has 0 aliphatic rings. The van der Waals surface area contributed by atoms with Crippen LogP contribution in [0.2, 0.25) is 0 Å². The van der Waals surface area contributed by atoms with Gasteiger partial charge < -0.3 is 5.32 Å². The van der Waals surface area contributed by atoms with Crippen LogP contribution in [-0.4, -0.2) is 0 Å². The van der Waals surface area contributed by atoms with Crippen molar-refractivity contribution in [2.24, 2.45) is 0 Å². The van der Waals surface area contributed by atoms with Gasteiger partial charge in [-0.2, -0.15) is 0 Å². The first-order chi connectivity index (χ1) is 9.56. The SMILES string of the molecule is CC(C)c1ccc(CNCc2ccc(F)c(Br)c2)cc1. The van der Waals surface area contributed by atoms with Gasteiger partial charge in [-0.1, -0.05) is 44.2 Å². The zero-order valence-corrected chi connectivity index (χ0v) is 13.4. The van der Waals surface area contributed by atoms with Crippen LogP contribution < -0.4 is 5.32 Å². The van der Waals surface area contributed by atoms with Gasteiger partial charge in [-0.05, 0) is 50.7 Å². The Bertz CT molecular complexity index is 564. The van der Waals surface area contributed by atoms with Crippen molar-refractivity contribution in [3.63, 3.8) is 0 Å². The lowest BCUT2D eigenvalue weighted by molar-refractivity contribution is 0.618. The van der Waals surface area contributed by atoms with Gasteiger partial charge in [0, 0.05) is 13.1 Å². The largest absolute Gasteiger partial charge is 0.309 e. The Morgan fingerprint density at radius 2 is 1.60 bits per heavy atom. The van der Waals surface area contributed by atoms with Crippen LogP contribution >= 0.6 is 15.9 Å². The van der Waals surface area contributed by atoms with E-state index in [-0.39, 0.29) is 5.82 Å². The Balaban J connectivity index is 1.87. The zero-order valence-electron chi connectivity index (χ0n) is 11.8. The van der Waals surface area contributed by atoms with E-state index in [0.717, 1.165) is 18.7 Å². The summed E-state index contributed by atoms with van der Waals surface area (Å²) in [7, 11) is 0. The minimum absolute atomic E-state index is 0.224. The molecule has 2 aromatic carbocycles. The molecule has 1 nitrogen and oxygen atoms in total. The maximum absolute atomic E-state index is 13.1. The molecular weight excluding hydrogens is 317 g/mol. The molecular formula is C17H19BrFN. The first-order valence-electron chi connectivity index (χ1n) is 6.79. The van der Waals surface area contributed by atoms with Crippen molar-refractivity contribution < 1.29 is 4.39 Å². The van der Waals surface area contributed by atoms with E-state index in [1.165, 1.54) is 17.2 Å². The van der Waals surface area contributed by atoms with Crippen molar-refractivity contribution in [3.8, 4) is 0 Å². The molecule has 0 fully saturated rings. The van der Waals surface area contributed by atoms with Crippen LogP contribution in [0.15, 0.2) is 46.9 Å². The molecule has 0 heterocycles. The Hall–Kier alpha value is -1.19. The summed E-state index contributed by atoms with van der Waals surface area (Å²) in [5.41, 5.74) is 3.68. The van der Waals surface area contributed by atoms with Crippen molar-refractivity contribution in [3.05, 3.63) is 69.4 Å². The summed E-state index contributed by atoms with van der Waals surface area (Å²) in [6.07, 6.45) is 0. The average Bonchev–Trinajstić information content (AvgIpc) is 2.43. The number of hydrogen-bond donors (Lipinski definition) is 1. The lowest BCUT2D eigenvalue weighted by atomic mass is 10.0. The maximum atomic E-state index is 13.1. The van der Waals surface area contributed by atoms with Crippen LogP contribution in [0, 0.1) is 5.82 Å². The van der Waals surface area contributed by atoms with E-state index in [9.17, 15) is 4.39 Å². The fourth-order valence-corrected chi connectivity index (χ4v) is 2.45. The van der Waals surface area contributed by atoms with Crippen molar-refractivity contribution in [1.29, 1.82) is 0 Å². The molecule has 20 heavy (non-hydrogen) atoms. The van der Waals surface area contributed by atoms with Crippen molar-refractivity contribution in [2.45, 2.75) is 32.9 Å². The summed E-state index contributed by atoms with van der Waals surface area (Å²) in [5, 5.41) is 3.37. The van der Waals surface area contributed by atoms with Crippen LogP contribution in [-0.2, 0) is 13.1 Å². The minimum Gasteiger partial charge on any atom is -0.309 e. The fourth-order valence-electron chi connectivity index (χ4n) is 2.02. The highest BCUT2D eigenvalue weighted by molar-refractivity contribution is 9.10. The molecule has 0 saturated carbocycles. The highest BCUT2D eigenvalue weighted by Crippen LogP contribution is 2.17. The van der Waals surface area contributed by atoms with Gasteiger partial charge in [0.1, 0.15) is 5.82 Å². The van der Waals surface area contributed by atoms with E-state index in [1.807, 2.05) is 6.07 Å². The van der Waals surface area contributed by atoms with Crippen LogP contribution in [0.1, 0.15) is 36.5 Å². The average molecular weight is 336 g/mol. The third-order valence-electron chi connectivity index (χ3n) is 3.29. The molecule has 1 N–H and O–H groups in total. The van der Waals surface area contributed by atoms with E-state index >= 15 is 0 Å². The molecule has 2 rings (SSSR count). The van der Waals surface area contributed by atoms with Crippen LogP contribution in [0.25, 0.3) is 0 Å². The molecule has 2 aromatic rings. The summed E-state index contributed by atoms with van der Waals surface area (Å²) in [4.78, 5) is 0. The van der Waals surface area contributed by atoms with Gasteiger partial charge in [-0.3, -0.25) is 0 Å². The lowest BCUT2D eigenvalue weighted by Gasteiger charge is -2.08. The van der Waals surface area contributed by atoms with Crippen molar-refractivity contribution in [1.82, 2.24) is 5.32 Å². The van der Waals surface area contributed by atoms with Crippen molar-refractivity contribution >= 4 is 15.9 Å². The van der Waals surface area contributed by atoms with Crippen LogP contribution in [0.5, 0.6) is 0 Å². The Kier molecular flexibility index (Phi) is 5.32. The molecule has 0 bridgehead atoms. The summed E-state index contributed by atoms with van der Waals surface area (Å²) in [6, 6.07) is 13.8. The van der Waals surface area contributed by atoms with E-state index in [2.05, 4.69) is 59.4 Å². The lowest BCUT2D eigenvalue weighted by Crippen LogP contribution is -2.12. The minimum atomic E-state index is -0.224. The second kappa shape index (κ2) is 7.00. The van der Waals surface area contributed by atoms with E-state index in [1.54, 1.807) is 6.07 Å². The standard InChI is InChI=1S/C17H19BrFN/c1-12(2)15-6-3-13(4-7-15)10-20-11-14-5-8-17(19)16(18)9-14/h3-9,12,20H,10-11H2,1-2H3. The predicted molar refractivity (Wildman–Crippen MR) is 85.2 cm³/mol.